The van der Waals surface area contributed by atoms with Crippen LogP contribution in [0.4, 0.5) is 5.69 Å². The molecule has 3 heteroatoms. The number of hydrogen-bond acceptors (Lipinski definition) is 2. The zero-order valence-corrected chi connectivity index (χ0v) is 14.0. The van der Waals surface area contributed by atoms with Crippen LogP contribution in [0.15, 0.2) is 59.6 Å². The summed E-state index contributed by atoms with van der Waals surface area (Å²) in [5.41, 5.74) is 4.09. The minimum absolute atomic E-state index is 0.128. The van der Waals surface area contributed by atoms with Crippen LogP contribution in [0.5, 0.6) is 0 Å². The first-order chi connectivity index (χ1) is 11.9. The van der Waals surface area contributed by atoms with Crippen molar-refractivity contribution in [1.82, 2.24) is 0 Å². The van der Waals surface area contributed by atoms with Crippen LogP contribution in [0.3, 0.4) is 0 Å². The average Bonchev–Trinajstić information content (AvgIpc) is 2.64. The third kappa shape index (κ3) is 3.09. The quantitative estimate of drug-likeness (QED) is 0.924. The van der Waals surface area contributed by atoms with Crippen LogP contribution in [-0.4, -0.2) is 25.6 Å². The molecular formula is C21H24N2O. The summed E-state index contributed by atoms with van der Waals surface area (Å²) in [5, 5.41) is 3.64. The number of hydrogen-bond donors (Lipinski definition) is 1. The van der Waals surface area contributed by atoms with Crippen LogP contribution in [0.25, 0.3) is 0 Å². The number of ether oxygens (including phenoxy) is 1. The smallest absolute Gasteiger partial charge is 0.107 e. The molecule has 24 heavy (non-hydrogen) atoms. The lowest BCUT2D eigenvalue weighted by atomic mass is 9.71. The maximum absolute atomic E-state index is 5.62. The number of aliphatic imine (C=N–C) groups is 1. The van der Waals surface area contributed by atoms with Gasteiger partial charge in [-0.2, -0.15) is 0 Å². The minimum atomic E-state index is 0.128. The Kier molecular flexibility index (Phi) is 4.35. The SMILES string of the molecule is c1ccc(CCN=C2Nc3ccccc3CC23CCOCC3)cc1. The molecule has 1 fully saturated rings. The van der Waals surface area contributed by atoms with E-state index in [1.807, 2.05) is 0 Å². The van der Waals surface area contributed by atoms with Gasteiger partial charge in [-0.05, 0) is 42.9 Å². The lowest BCUT2D eigenvalue weighted by Gasteiger charge is -2.42. The van der Waals surface area contributed by atoms with Crippen LogP contribution in [0.1, 0.15) is 24.0 Å². The molecule has 1 N–H and O–H groups in total. The number of fused-ring (bicyclic) bond motifs is 1. The molecule has 0 unspecified atom stereocenters. The molecule has 0 aromatic heterocycles. The van der Waals surface area contributed by atoms with E-state index in [-0.39, 0.29) is 5.41 Å². The molecule has 124 valence electrons. The third-order valence-electron chi connectivity index (χ3n) is 5.26. The summed E-state index contributed by atoms with van der Waals surface area (Å²) in [4.78, 5) is 5.00. The number of nitrogens with zero attached hydrogens (tertiary/aromatic N) is 1. The van der Waals surface area contributed by atoms with Crippen molar-refractivity contribution in [2.45, 2.75) is 25.7 Å². The van der Waals surface area contributed by atoms with E-state index < -0.39 is 0 Å². The fourth-order valence-corrected chi connectivity index (χ4v) is 3.83. The van der Waals surface area contributed by atoms with Crippen molar-refractivity contribution < 1.29 is 4.74 Å². The highest BCUT2D eigenvalue weighted by Crippen LogP contribution is 2.41. The van der Waals surface area contributed by atoms with Gasteiger partial charge >= 0.3 is 0 Å². The second-order valence-electron chi connectivity index (χ2n) is 6.82. The van der Waals surface area contributed by atoms with Crippen molar-refractivity contribution in [1.29, 1.82) is 0 Å². The first-order valence-corrected chi connectivity index (χ1v) is 8.87. The van der Waals surface area contributed by atoms with Gasteiger partial charge in [0, 0.05) is 30.9 Å². The molecule has 0 bridgehead atoms. The Labute approximate surface area is 143 Å². The van der Waals surface area contributed by atoms with E-state index in [2.05, 4.69) is 59.9 Å². The predicted octanol–water partition coefficient (Wildman–Crippen LogP) is 4.09. The van der Waals surface area contributed by atoms with Gasteiger partial charge in [0.15, 0.2) is 0 Å². The molecule has 1 saturated heterocycles. The molecule has 0 amide bonds. The van der Waals surface area contributed by atoms with E-state index in [9.17, 15) is 0 Å². The molecule has 0 aliphatic carbocycles. The van der Waals surface area contributed by atoms with Crippen LogP contribution >= 0.6 is 0 Å². The zero-order valence-electron chi connectivity index (χ0n) is 14.0. The number of amidine groups is 1. The van der Waals surface area contributed by atoms with Crippen molar-refractivity contribution >= 4 is 11.5 Å². The largest absolute Gasteiger partial charge is 0.381 e. The van der Waals surface area contributed by atoms with Gasteiger partial charge in [0.25, 0.3) is 0 Å². The van der Waals surface area contributed by atoms with E-state index in [0.717, 1.165) is 45.4 Å². The topological polar surface area (TPSA) is 33.6 Å². The van der Waals surface area contributed by atoms with Crippen molar-refractivity contribution in [2.75, 3.05) is 25.1 Å². The average molecular weight is 320 g/mol. The lowest BCUT2D eigenvalue weighted by molar-refractivity contribution is 0.0449. The van der Waals surface area contributed by atoms with E-state index >= 15 is 0 Å². The van der Waals surface area contributed by atoms with Crippen molar-refractivity contribution in [2.24, 2.45) is 10.4 Å². The highest BCUT2D eigenvalue weighted by atomic mass is 16.5. The number of rotatable bonds is 3. The van der Waals surface area contributed by atoms with Crippen molar-refractivity contribution in [3.8, 4) is 0 Å². The predicted molar refractivity (Wildman–Crippen MR) is 98.7 cm³/mol. The summed E-state index contributed by atoms with van der Waals surface area (Å²) in [6.45, 7) is 2.50. The van der Waals surface area contributed by atoms with Gasteiger partial charge in [0.05, 0.1) is 0 Å². The molecule has 0 atom stereocenters. The molecule has 2 aliphatic rings. The lowest BCUT2D eigenvalue weighted by Crippen LogP contribution is -2.46. The number of para-hydroxylation sites is 1. The summed E-state index contributed by atoms with van der Waals surface area (Å²) in [5.74, 6) is 1.17. The van der Waals surface area contributed by atoms with E-state index in [0.29, 0.717) is 0 Å². The third-order valence-corrected chi connectivity index (χ3v) is 5.26. The van der Waals surface area contributed by atoms with Gasteiger partial charge in [0.1, 0.15) is 5.84 Å². The Balaban J connectivity index is 1.57. The molecule has 4 rings (SSSR count). The summed E-state index contributed by atoms with van der Waals surface area (Å²) in [7, 11) is 0. The molecule has 1 spiro atoms. The second kappa shape index (κ2) is 6.78. The van der Waals surface area contributed by atoms with Gasteiger partial charge in [0.2, 0.25) is 0 Å². The van der Waals surface area contributed by atoms with E-state index in [4.69, 9.17) is 9.73 Å². The Morgan fingerprint density at radius 1 is 0.958 bits per heavy atom. The monoisotopic (exact) mass is 320 g/mol. The fraction of sp³-hybridized carbons (Fsp3) is 0.381. The van der Waals surface area contributed by atoms with Crippen molar-refractivity contribution in [3.05, 3.63) is 65.7 Å². The Morgan fingerprint density at radius 2 is 1.71 bits per heavy atom. The first-order valence-electron chi connectivity index (χ1n) is 8.87. The number of benzene rings is 2. The van der Waals surface area contributed by atoms with E-state index in [1.54, 1.807) is 0 Å². The molecule has 2 aromatic carbocycles. The fourth-order valence-electron chi connectivity index (χ4n) is 3.83. The van der Waals surface area contributed by atoms with Crippen LogP contribution in [0.2, 0.25) is 0 Å². The van der Waals surface area contributed by atoms with Gasteiger partial charge in [-0.25, -0.2) is 0 Å². The molecule has 2 aliphatic heterocycles. The second-order valence-corrected chi connectivity index (χ2v) is 6.82. The first kappa shape index (κ1) is 15.4. The van der Waals surface area contributed by atoms with Gasteiger partial charge < -0.3 is 10.1 Å². The highest BCUT2D eigenvalue weighted by molar-refractivity contribution is 6.02. The van der Waals surface area contributed by atoms with Crippen LogP contribution in [-0.2, 0) is 17.6 Å². The maximum Gasteiger partial charge on any atom is 0.107 e. The van der Waals surface area contributed by atoms with Gasteiger partial charge in [-0.1, -0.05) is 48.5 Å². The van der Waals surface area contributed by atoms with Gasteiger partial charge in [-0.3, -0.25) is 4.99 Å². The molecular weight excluding hydrogens is 296 g/mol. The summed E-state index contributed by atoms with van der Waals surface area (Å²) in [6.07, 6.45) is 4.17. The Morgan fingerprint density at radius 3 is 2.54 bits per heavy atom. The summed E-state index contributed by atoms with van der Waals surface area (Å²) < 4.78 is 5.62. The molecule has 2 aromatic rings. The Bertz CT molecular complexity index is 718. The number of nitrogens with one attached hydrogen (secondary N) is 1. The summed E-state index contributed by atoms with van der Waals surface area (Å²) in [6, 6.07) is 19.2. The van der Waals surface area contributed by atoms with Gasteiger partial charge in [-0.15, -0.1) is 0 Å². The maximum atomic E-state index is 5.62. The van der Waals surface area contributed by atoms with Crippen LogP contribution < -0.4 is 5.32 Å². The number of anilines is 1. The molecule has 0 radical (unpaired) electrons. The zero-order chi connectivity index (χ0) is 16.2. The Hall–Kier alpha value is -2.13. The van der Waals surface area contributed by atoms with Crippen molar-refractivity contribution in [3.63, 3.8) is 0 Å². The minimum Gasteiger partial charge on any atom is -0.381 e. The molecule has 3 nitrogen and oxygen atoms in total. The van der Waals surface area contributed by atoms with Crippen LogP contribution in [0, 0.1) is 5.41 Å². The molecule has 2 heterocycles. The van der Waals surface area contributed by atoms with E-state index in [1.165, 1.54) is 22.6 Å². The normalized spacial score (nSPS) is 20.6. The standard InChI is InChI=1S/C21H24N2O/c1-2-6-17(7-3-1)10-13-22-20-21(11-14-24-15-12-21)16-18-8-4-5-9-19(18)23-20/h1-9H,10-16H2,(H,22,23). The summed E-state index contributed by atoms with van der Waals surface area (Å²) >= 11 is 0. The highest BCUT2D eigenvalue weighted by Gasteiger charge is 2.41. The molecule has 0 saturated carbocycles.